The summed E-state index contributed by atoms with van der Waals surface area (Å²) in [4.78, 5) is 39.4. The van der Waals surface area contributed by atoms with E-state index in [2.05, 4.69) is 6.92 Å². The summed E-state index contributed by atoms with van der Waals surface area (Å²) in [6, 6.07) is 25.9. The van der Waals surface area contributed by atoms with E-state index < -0.39 is 36.2 Å². The average Bonchev–Trinajstić information content (AvgIpc) is 2.97. The van der Waals surface area contributed by atoms with Crippen molar-refractivity contribution in [2.45, 2.75) is 64.8 Å². The van der Waals surface area contributed by atoms with Crippen LogP contribution >= 0.6 is 0 Å². The van der Waals surface area contributed by atoms with Crippen LogP contribution in [0, 0.1) is 5.92 Å². The lowest BCUT2D eigenvalue weighted by atomic mass is 9.90. The Kier molecular flexibility index (Phi) is 11.1. The van der Waals surface area contributed by atoms with Crippen molar-refractivity contribution >= 4 is 17.9 Å². The number of benzene rings is 3. The topological polar surface area (TPSA) is 78.9 Å². The van der Waals surface area contributed by atoms with Crippen LogP contribution in [0.5, 0.6) is 0 Å². The van der Waals surface area contributed by atoms with E-state index in [0.29, 0.717) is 23.1 Å². The van der Waals surface area contributed by atoms with E-state index in [-0.39, 0.29) is 5.92 Å². The normalized spacial score (nSPS) is 14.0. The molecular weight excluding hydrogens is 480 g/mol. The fraction of sp³-hybridized carbons (Fsp3) is 0.344. The molecule has 38 heavy (non-hydrogen) atoms. The fourth-order valence-corrected chi connectivity index (χ4v) is 4.25. The smallest absolute Gasteiger partial charge is 0.338 e. The average molecular weight is 517 g/mol. The van der Waals surface area contributed by atoms with E-state index in [4.69, 9.17) is 14.2 Å². The van der Waals surface area contributed by atoms with Gasteiger partial charge in [0.25, 0.3) is 0 Å². The Labute approximate surface area is 224 Å². The van der Waals surface area contributed by atoms with Crippen molar-refractivity contribution < 1.29 is 28.6 Å². The first-order valence-electron chi connectivity index (χ1n) is 13.2. The zero-order valence-electron chi connectivity index (χ0n) is 22.2. The number of esters is 3. The first-order valence-corrected chi connectivity index (χ1v) is 13.2. The van der Waals surface area contributed by atoms with Crippen molar-refractivity contribution in [3.05, 3.63) is 108 Å². The predicted octanol–water partition coefficient (Wildman–Crippen LogP) is 6.90. The summed E-state index contributed by atoms with van der Waals surface area (Å²) >= 11 is 0. The zero-order chi connectivity index (χ0) is 27.3. The van der Waals surface area contributed by atoms with E-state index in [9.17, 15) is 14.4 Å². The van der Waals surface area contributed by atoms with Crippen LogP contribution in [0.2, 0.25) is 0 Å². The molecule has 0 radical (unpaired) electrons. The summed E-state index contributed by atoms with van der Waals surface area (Å²) in [5.41, 5.74) is 1.13. The lowest BCUT2D eigenvalue weighted by Gasteiger charge is -2.35. The molecule has 0 heterocycles. The highest BCUT2D eigenvalue weighted by atomic mass is 16.6. The maximum atomic E-state index is 13.2. The third-order valence-electron chi connectivity index (χ3n) is 6.44. The molecule has 0 unspecified atom stereocenters. The standard InChI is InChI=1S/C32H36O6/c1-4-6-16-23(3)28(37-31(34)25-19-12-8-13-20-25)29(38-32(35)26-21-14-9-15-22-26)27(5-2)36-30(33)24-17-10-7-11-18-24/h7-15,17-23,27-29H,4-6,16H2,1-3H3/t23-,27+,28-,29-/m1/s1. The molecule has 4 atom stereocenters. The predicted molar refractivity (Wildman–Crippen MR) is 146 cm³/mol. The van der Waals surface area contributed by atoms with Gasteiger partial charge in [0, 0.05) is 0 Å². The van der Waals surface area contributed by atoms with Crippen LogP contribution in [0.1, 0.15) is 77.5 Å². The van der Waals surface area contributed by atoms with Crippen LogP contribution in [0.3, 0.4) is 0 Å². The third kappa shape index (κ3) is 8.04. The van der Waals surface area contributed by atoms with Gasteiger partial charge in [-0.25, -0.2) is 14.4 Å². The van der Waals surface area contributed by atoms with Crippen molar-refractivity contribution in [2.75, 3.05) is 0 Å². The Morgan fingerprint density at radius 3 is 1.39 bits per heavy atom. The Morgan fingerprint density at radius 1 is 0.605 bits per heavy atom. The summed E-state index contributed by atoms with van der Waals surface area (Å²) in [6.45, 7) is 5.90. The van der Waals surface area contributed by atoms with E-state index in [0.717, 1.165) is 19.3 Å². The highest BCUT2D eigenvalue weighted by Crippen LogP contribution is 2.27. The van der Waals surface area contributed by atoms with Gasteiger partial charge in [-0.3, -0.25) is 0 Å². The summed E-state index contributed by atoms with van der Waals surface area (Å²) in [5, 5.41) is 0. The van der Waals surface area contributed by atoms with Crippen molar-refractivity contribution in [3.63, 3.8) is 0 Å². The van der Waals surface area contributed by atoms with Gasteiger partial charge in [0.2, 0.25) is 0 Å². The second kappa shape index (κ2) is 14.7. The maximum absolute atomic E-state index is 13.2. The molecule has 6 nitrogen and oxygen atoms in total. The van der Waals surface area contributed by atoms with Crippen molar-refractivity contribution in [1.29, 1.82) is 0 Å². The molecule has 3 rings (SSSR count). The maximum Gasteiger partial charge on any atom is 0.338 e. The molecule has 0 aliphatic heterocycles. The molecule has 0 saturated heterocycles. The highest BCUT2D eigenvalue weighted by molar-refractivity contribution is 5.91. The summed E-state index contributed by atoms with van der Waals surface area (Å²) in [5.74, 6) is -1.80. The molecule has 0 aromatic heterocycles. The molecule has 3 aromatic rings. The molecule has 0 spiro atoms. The Hall–Kier alpha value is -3.93. The second-order valence-electron chi connectivity index (χ2n) is 9.31. The Morgan fingerprint density at radius 2 is 1.00 bits per heavy atom. The molecule has 0 N–H and O–H groups in total. The molecule has 0 fully saturated rings. The number of carbonyl (C=O) groups excluding carboxylic acids is 3. The molecule has 3 aromatic carbocycles. The minimum absolute atomic E-state index is 0.166. The van der Waals surface area contributed by atoms with Gasteiger partial charge in [0.05, 0.1) is 16.7 Å². The van der Waals surface area contributed by atoms with Gasteiger partial charge in [-0.2, -0.15) is 0 Å². The van der Waals surface area contributed by atoms with Gasteiger partial charge in [-0.15, -0.1) is 0 Å². The Bertz CT molecular complexity index is 1150. The third-order valence-corrected chi connectivity index (χ3v) is 6.44. The monoisotopic (exact) mass is 516 g/mol. The highest BCUT2D eigenvalue weighted by Gasteiger charge is 2.40. The van der Waals surface area contributed by atoms with Crippen molar-refractivity contribution in [3.8, 4) is 0 Å². The lowest BCUT2D eigenvalue weighted by Crippen LogP contribution is -2.48. The molecule has 0 saturated carbocycles. The van der Waals surface area contributed by atoms with E-state index in [1.165, 1.54) is 0 Å². The number of hydrogen-bond acceptors (Lipinski definition) is 6. The fourth-order valence-electron chi connectivity index (χ4n) is 4.25. The van der Waals surface area contributed by atoms with Crippen LogP contribution in [0.25, 0.3) is 0 Å². The number of unbranched alkanes of at least 4 members (excludes halogenated alkanes) is 1. The number of rotatable bonds is 13. The number of ether oxygens (including phenoxy) is 3. The number of hydrogen-bond donors (Lipinski definition) is 0. The molecule has 0 aliphatic carbocycles. The van der Waals surface area contributed by atoms with Crippen LogP contribution in [0.15, 0.2) is 91.0 Å². The van der Waals surface area contributed by atoms with Gasteiger partial charge in [-0.1, -0.05) is 88.2 Å². The zero-order valence-corrected chi connectivity index (χ0v) is 22.2. The first-order chi connectivity index (χ1) is 18.4. The van der Waals surface area contributed by atoms with Crippen LogP contribution in [-0.4, -0.2) is 36.2 Å². The van der Waals surface area contributed by atoms with Crippen molar-refractivity contribution in [1.82, 2.24) is 0 Å². The largest absolute Gasteiger partial charge is 0.455 e. The van der Waals surface area contributed by atoms with Crippen molar-refractivity contribution in [2.24, 2.45) is 5.92 Å². The van der Waals surface area contributed by atoms with Gasteiger partial charge in [0.1, 0.15) is 12.2 Å². The van der Waals surface area contributed by atoms with Crippen LogP contribution in [-0.2, 0) is 14.2 Å². The summed E-state index contributed by atoms with van der Waals surface area (Å²) < 4.78 is 18.0. The minimum atomic E-state index is -1.01. The van der Waals surface area contributed by atoms with Crippen LogP contribution < -0.4 is 0 Å². The van der Waals surface area contributed by atoms with Gasteiger partial charge in [-0.05, 0) is 55.2 Å². The van der Waals surface area contributed by atoms with E-state index >= 15 is 0 Å². The van der Waals surface area contributed by atoms with E-state index in [1.54, 1.807) is 72.8 Å². The second-order valence-corrected chi connectivity index (χ2v) is 9.31. The minimum Gasteiger partial charge on any atom is -0.455 e. The Balaban J connectivity index is 1.97. The molecular formula is C32H36O6. The number of carbonyl (C=O) groups is 3. The van der Waals surface area contributed by atoms with Gasteiger partial charge in [0.15, 0.2) is 6.10 Å². The quantitative estimate of drug-likeness (QED) is 0.182. The van der Waals surface area contributed by atoms with Crippen LogP contribution in [0.4, 0.5) is 0 Å². The van der Waals surface area contributed by atoms with E-state index in [1.807, 2.05) is 32.0 Å². The summed E-state index contributed by atoms with van der Waals surface area (Å²) in [6.07, 6.45) is 0.263. The van der Waals surface area contributed by atoms with Gasteiger partial charge < -0.3 is 14.2 Å². The SMILES string of the molecule is CCCC[C@@H](C)[C@@H](OC(=O)c1ccccc1)[C@H](OC(=O)c1ccccc1)[C@H](CC)OC(=O)c1ccccc1. The lowest BCUT2D eigenvalue weighted by molar-refractivity contribution is -0.103. The molecule has 0 bridgehead atoms. The summed E-state index contributed by atoms with van der Waals surface area (Å²) in [7, 11) is 0. The van der Waals surface area contributed by atoms with Gasteiger partial charge >= 0.3 is 17.9 Å². The molecule has 0 amide bonds. The molecule has 6 heteroatoms. The molecule has 0 aliphatic rings. The first kappa shape index (κ1) is 28.6. The molecule has 200 valence electrons.